The Bertz CT molecular complexity index is 930. The number of pyridine rings is 1. The Labute approximate surface area is 145 Å². The molecule has 3 aromatic rings. The number of aromatic nitrogens is 4. The zero-order chi connectivity index (χ0) is 17.4. The lowest BCUT2D eigenvalue weighted by Gasteiger charge is -2.18. The maximum Gasteiger partial charge on any atom is 0.319 e. The highest BCUT2D eigenvalue weighted by Gasteiger charge is 2.34. The Morgan fingerprint density at radius 2 is 2.12 bits per heavy atom. The van der Waals surface area contributed by atoms with Crippen LogP contribution in [0.4, 0.5) is 10.5 Å². The van der Waals surface area contributed by atoms with E-state index in [0.717, 1.165) is 35.1 Å². The van der Waals surface area contributed by atoms with E-state index in [1.54, 1.807) is 10.9 Å². The fraction of sp³-hybridized carbons (Fsp3) is 0.333. The monoisotopic (exact) mass is 336 g/mol. The second-order valence-corrected chi connectivity index (χ2v) is 6.59. The molecule has 0 aliphatic heterocycles. The van der Waals surface area contributed by atoms with Crippen LogP contribution in [0, 0.1) is 12.8 Å². The third-order valence-corrected chi connectivity index (χ3v) is 4.50. The van der Waals surface area contributed by atoms with Gasteiger partial charge in [-0.25, -0.2) is 9.48 Å². The Kier molecular flexibility index (Phi) is 3.83. The van der Waals surface area contributed by atoms with Crippen LogP contribution in [-0.2, 0) is 7.05 Å². The second-order valence-electron chi connectivity index (χ2n) is 6.59. The molecule has 2 N–H and O–H groups in total. The molecule has 0 saturated heterocycles. The highest BCUT2D eigenvalue weighted by molar-refractivity contribution is 5.92. The molecule has 7 heteroatoms. The summed E-state index contributed by atoms with van der Waals surface area (Å²) in [7, 11) is 1.84. The molecule has 2 amide bonds. The smallest absolute Gasteiger partial charge is 0.319 e. The first-order valence-electron chi connectivity index (χ1n) is 8.39. The Morgan fingerprint density at radius 1 is 1.28 bits per heavy atom. The summed E-state index contributed by atoms with van der Waals surface area (Å²) in [6.07, 6.45) is 4.03. The van der Waals surface area contributed by atoms with Crippen molar-refractivity contribution in [2.24, 2.45) is 13.0 Å². The molecule has 1 atom stereocenters. The largest absolute Gasteiger partial charge is 0.329 e. The van der Waals surface area contributed by atoms with Crippen LogP contribution in [0.3, 0.4) is 0 Å². The minimum Gasteiger partial charge on any atom is -0.329 e. The minimum absolute atomic E-state index is 0.0554. The van der Waals surface area contributed by atoms with E-state index in [1.165, 1.54) is 0 Å². The first-order valence-corrected chi connectivity index (χ1v) is 8.39. The van der Waals surface area contributed by atoms with E-state index >= 15 is 0 Å². The summed E-state index contributed by atoms with van der Waals surface area (Å²) >= 11 is 0. The number of urea groups is 1. The zero-order valence-corrected chi connectivity index (χ0v) is 14.2. The number of carbonyl (C=O) groups excluding carboxylic acids is 1. The van der Waals surface area contributed by atoms with E-state index in [-0.39, 0.29) is 12.1 Å². The van der Waals surface area contributed by atoms with E-state index in [0.29, 0.717) is 11.6 Å². The molecule has 2 aromatic heterocycles. The standard InChI is InChI=1S/C18H20N6O/c1-11-7-8-19-15(9-11)17(12-3-4-12)21-18(25)20-13-5-6-16-14(10-13)22-23-24(16)2/h5-10,12,17H,3-4H2,1-2H3,(H2,20,21,25). The number of rotatable bonds is 4. The fourth-order valence-electron chi connectivity index (χ4n) is 3.02. The van der Waals surface area contributed by atoms with Crippen molar-refractivity contribution in [2.75, 3.05) is 5.32 Å². The lowest BCUT2D eigenvalue weighted by molar-refractivity contribution is 0.246. The van der Waals surface area contributed by atoms with Gasteiger partial charge < -0.3 is 10.6 Å². The molecular weight excluding hydrogens is 316 g/mol. The van der Waals surface area contributed by atoms with Gasteiger partial charge in [0.05, 0.1) is 17.3 Å². The lowest BCUT2D eigenvalue weighted by Crippen LogP contribution is -2.34. The van der Waals surface area contributed by atoms with Crippen LogP contribution in [0.25, 0.3) is 11.0 Å². The quantitative estimate of drug-likeness (QED) is 0.767. The van der Waals surface area contributed by atoms with Gasteiger partial charge in [0.25, 0.3) is 0 Å². The molecule has 1 unspecified atom stereocenters. The maximum absolute atomic E-state index is 12.5. The summed E-state index contributed by atoms with van der Waals surface area (Å²) in [6, 6.07) is 9.27. The molecule has 1 aromatic carbocycles. The van der Waals surface area contributed by atoms with Crippen LogP contribution >= 0.6 is 0 Å². The molecule has 0 bridgehead atoms. The van der Waals surface area contributed by atoms with Crippen LogP contribution < -0.4 is 10.6 Å². The molecule has 128 valence electrons. The molecule has 7 nitrogen and oxygen atoms in total. The maximum atomic E-state index is 12.5. The van der Waals surface area contributed by atoms with Gasteiger partial charge in [-0.15, -0.1) is 5.10 Å². The number of anilines is 1. The Hall–Kier alpha value is -2.96. The van der Waals surface area contributed by atoms with E-state index in [9.17, 15) is 4.79 Å². The number of amides is 2. The van der Waals surface area contributed by atoms with E-state index in [4.69, 9.17) is 0 Å². The van der Waals surface area contributed by atoms with Crippen molar-refractivity contribution in [3.63, 3.8) is 0 Å². The summed E-state index contributed by atoms with van der Waals surface area (Å²) in [5.41, 5.74) is 4.43. The van der Waals surface area contributed by atoms with Gasteiger partial charge in [0.15, 0.2) is 0 Å². The molecule has 2 heterocycles. The van der Waals surface area contributed by atoms with Gasteiger partial charge in [0, 0.05) is 18.9 Å². The SMILES string of the molecule is Cc1ccnc(C(NC(=O)Nc2ccc3c(c2)nnn3C)C2CC2)c1. The van der Waals surface area contributed by atoms with Crippen molar-refractivity contribution in [2.45, 2.75) is 25.8 Å². The number of carbonyl (C=O) groups is 1. The summed E-state index contributed by atoms with van der Waals surface area (Å²) < 4.78 is 1.70. The van der Waals surface area contributed by atoms with Crippen molar-refractivity contribution in [3.05, 3.63) is 47.8 Å². The van der Waals surface area contributed by atoms with Crippen LogP contribution in [0.5, 0.6) is 0 Å². The van der Waals surface area contributed by atoms with Crippen LogP contribution in [0.1, 0.15) is 30.1 Å². The molecule has 4 rings (SSSR count). The number of nitrogens with one attached hydrogen (secondary N) is 2. The minimum atomic E-state index is -0.233. The molecule has 1 fully saturated rings. The molecule has 1 saturated carbocycles. The average Bonchev–Trinajstić information content (AvgIpc) is 3.37. The van der Waals surface area contributed by atoms with Gasteiger partial charge in [-0.05, 0) is 61.6 Å². The fourth-order valence-corrected chi connectivity index (χ4v) is 3.02. The lowest BCUT2D eigenvalue weighted by atomic mass is 10.1. The van der Waals surface area contributed by atoms with Crippen molar-refractivity contribution in [1.82, 2.24) is 25.3 Å². The Balaban J connectivity index is 1.49. The van der Waals surface area contributed by atoms with E-state index in [2.05, 4.69) is 25.9 Å². The highest BCUT2D eigenvalue weighted by Crippen LogP contribution is 2.40. The second kappa shape index (κ2) is 6.16. The number of benzene rings is 1. The third-order valence-electron chi connectivity index (χ3n) is 4.50. The molecule has 25 heavy (non-hydrogen) atoms. The summed E-state index contributed by atoms with van der Waals surface area (Å²) in [6.45, 7) is 2.03. The number of hydrogen-bond acceptors (Lipinski definition) is 4. The van der Waals surface area contributed by atoms with Gasteiger partial charge in [-0.1, -0.05) is 5.21 Å². The first-order chi connectivity index (χ1) is 12.1. The molecule has 0 spiro atoms. The number of aryl methyl sites for hydroxylation is 2. The van der Waals surface area contributed by atoms with Gasteiger partial charge in [0.1, 0.15) is 5.52 Å². The van der Waals surface area contributed by atoms with Gasteiger partial charge in [0.2, 0.25) is 0 Å². The number of nitrogens with zero attached hydrogens (tertiary/aromatic N) is 4. The summed E-state index contributed by atoms with van der Waals surface area (Å²) in [4.78, 5) is 16.9. The number of fused-ring (bicyclic) bond motifs is 1. The van der Waals surface area contributed by atoms with Gasteiger partial charge in [-0.3, -0.25) is 4.98 Å². The van der Waals surface area contributed by atoms with Crippen molar-refractivity contribution in [1.29, 1.82) is 0 Å². The molecule has 0 radical (unpaired) electrons. The van der Waals surface area contributed by atoms with Crippen LogP contribution in [0.2, 0.25) is 0 Å². The first kappa shape index (κ1) is 15.6. The molecule has 1 aliphatic rings. The average molecular weight is 336 g/mol. The predicted octanol–water partition coefficient (Wildman–Crippen LogP) is 2.94. The topological polar surface area (TPSA) is 84.7 Å². The van der Waals surface area contributed by atoms with Gasteiger partial charge >= 0.3 is 6.03 Å². The normalized spacial score (nSPS) is 15.1. The van der Waals surface area contributed by atoms with E-state index in [1.807, 2.05) is 44.3 Å². The van der Waals surface area contributed by atoms with E-state index < -0.39 is 0 Å². The molecule has 1 aliphatic carbocycles. The molecular formula is C18H20N6O. The van der Waals surface area contributed by atoms with Crippen LogP contribution in [-0.4, -0.2) is 26.0 Å². The highest BCUT2D eigenvalue weighted by atomic mass is 16.2. The number of hydrogen-bond donors (Lipinski definition) is 2. The van der Waals surface area contributed by atoms with Crippen molar-refractivity contribution in [3.8, 4) is 0 Å². The third kappa shape index (κ3) is 3.31. The van der Waals surface area contributed by atoms with Gasteiger partial charge in [-0.2, -0.15) is 0 Å². The predicted molar refractivity (Wildman–Crippen MR) is 95.1 cm³/mol. The van der Waals surface area contributed by atoms with Crippen molar-refractivity contribution >= 4 is 22.8 Å². The van der Waals surface area contributed by atoms with Crippen molar-refractivity contribution < 1.29 is 4.79 Å². The summed E-state index contributed by atoms with van der Waals surface area (Å²) in [5, 5.41) is 14.0. The Morgan fingerprint density at radius 3 is 2.88 bits per heavy atom. The van der Waals surface area contributed by atoms with Crippen LogP contribution in [0.15, 0.2) is 36.5 Å². The summed E-state index contributed by atoms with van der Waals surface area (Å²) in [5.74, 6) is 0.461. The zero-order valence-electron chi connectivity index (χ0n) is 14.2.